The van der Waals surface area contributed by atoms with Gasteiger partial charge in [0.05, 0.1) is 19.7 Å². The number of methoxy groups -OCH3 is 1. The van der Waals surface area contributed by atoms with E-state index in [1.54, 1.807) is 7.11 Å². The molecule has 2 aromatic carbocycles. The Morgan fingerprint density at radius 2 is 1.64 bits per heavy atom. The average Bonchev–Trinajstić information content (AvgIpc) is 2.71. The van der Waals surface area contributed by atoms with Crippen LogP contribution in [0.3, 0.4) is 0 Å². The van der Waals surface area contributed by atoms with Gasteiger partial charge in [0.15, 0.2) is 11.5 Å². The van der Waals surface area contributed by atoms with Crippen LogP contribution in [0.5, 0.6) is 17.2 Å². The van der Waals surface area contributed by atoms with E-state index < -0.39 is 6.04 Å². The van der Waals surface area contributed by atoms with Crippen molar-refractivity contribution in [1.82, 2.24) is 10.6 Å². The highest BCUT2D eigenvalue weighted by Gasteiger charge is 2.17. The minimum Gasteiger partial charge on any atom is -0.493 e. The molecule has 0 saturated carbocycles. The first-order valence-electron chi connectivity index (χ1n) is 9.10. The van der Waals surface area contributed by atoms with Crippen molar-refractivity contribution >= 4 is 11.8 Å². The fraction of sp³-hybridized carbons (Fsp3) is 0.333. The lowest BCUT2D eigenvalue weighted by atomic mass is 10.1. The standard InChI is InChI=1S/C21H27N3O4/c1-14(2)20(22)21(26)24-13-19(25)23-12-15-8-10-16(11-9-15)28-18-7-5-4-6-17(18)27-3/h4-11,14,20H,12-13,22H2,1-3H3,(H,23,25)(H,24,26)/t20-/m0/s1. The molecule has 0 bridgehead atoms. The Morgan fingerprint density at radius 1 is 1.00 bits per heavy atom. The molecule has 0 unspecified atom stereocenters. The Bertz CT molecular complexity index is 790. The van der Waals surface area contributed by atoms with E-state index in [2.05, 4.69) is 10.6 Å². The fourth-order valence-electron chi connectivity index (χ4n) is 2.36. The van der Waals surface area contributed by atoms with Gasteiger partial charge in [0.1, 0.15) is 5.75 Å². The third-order valence-electron chi connectivity index (χ3n) is 4.15. The summed E-state index contributed by atoms with van der Waals surface area (Å²) in [6, 6.07) is 14.1. The zero-order valence-corrected chi connectivity index (χ0v) is 16.4. The number of benzene rings is 2. The topological polar surface area (TPSA) is 103 Å². The van der Waals surface area contributed by atoms with Crippen LogP contribution < -0.4 is 25.8 Å². The second-order valence-electron chi connectivity index (χ2n) is 6.66. The van der Waals surface area contributed by atoms with Crippen LogP contribution in [0.15, 0.2) is 48.5 Å². The van der Waals surface area contributed by atoms with Gasteiger partial charge in [0.25, 0.3) is 0 Å². The van der Waals surface area contributed by atoms with E-state index in [1.807, 2.05) is 62.4 Å². The molecule has 0 aliphatic heterocycles. The maximum atomic E-state index is 11.9. The first-order valence-corrected chi connectivity index (χ1v) is 9.10. The van der Waals surface area contributed by atoms with E-state index in [-0.39, 0.29) is 24.3 Å². The summed E-state index contributed by atoms with van der Waals surface area (Å²) in [6.45, 7) is 3.95. The summed E-state index contributed by atoms with van der Waals surface area (Å²) in [5, 5.41) is 5.29. The number of carbonyl (C=O) groups is 2. The number of rotatable bonds is 9. The molecule has 2 amide bonds. The van der Waals surface area contributed by atoms with Crippen molar-refractivity contribution in [3.8, 4) is 17.2 Å². The monoisotopic (exact) mass is 385 g/mol. The molecule has 0 saturated heterocycles. The van der Waals surface area contributed by atoms with Crippen LogP contribution >= 0.6 is 0 Å². The van der Waals surface area contributed by atoms with Gasteiger partial charge < -0.3 is 25.8 Å². The van der Waals surface area contributed by atoms with Crippen LogP contribution in [0.2, 0.25) is 0 Å². The third-order valence-corrected chi connectivity index (χ3v) is 4.15. The normalized spacial score (nSPS) is 11.6. The lowest BCUT2D eigenvalue weighted by Crippen LogP contribution is -2.47. The second kappa shape index (κ2) is 10.3. The number of ether oxygens (including phenoxy) is 2. The molecule has 0 aliphatic rings. The summed E-state index contributed by atoms with van der Waals surface area (Å²) in [6.07, 6.45) is 0. The molecule has 1 atom stereocenters. The Morgan fingerprint density at radius 3 is 2.25 bits per heavy atom. The maximum Gasteiger partial charge on any atom is 0.239 e. The Kier molecular flexibility index (Phi) is 7.83. The Balaban J connectivity index is 1.81. The van der Waals surface area contributed by atoms with Crippen LogP contribution in [-0.4, -0.2) is 31.5 Å². The highest BCUT2D eigenvalue weighted by molar-refractivity contribution is 5.87. The molecule has 7 heteroatoms. The highest BCUT2D eigenvalue weighted by atomic mass is 16.5. The fourth-order valence-corrected chi connectivity index (χ4v) is 2.36. The zero-order chi connectivity index (χ0) is 20.5. The summed E-state index contributed by atoms with van der Waals surface area (Å²) in [5.74, 6) is 1.34. The van der Waals surface area contributed by atoms with Crippen LogP contribution in [0, 0.1) is 5.92 Å². The van der Waals surface area contributed by atoms with Crippen molar-refractivity contribution in [2.24, 2.45) is 11.7 Å². The van der Waals surface area contributed by atoms with E-state index in [1.165, 1.54) is 0 Å². The third kappa shape index (κ3) is 6.28. The second-order valence-corrected chi connectivity index (χ2v) is 6.66. The van der Waals surface area contributed by atoms with E-state index >= 15 is 0 Å². The number of nitrogens with one attached hydrogen (secondary N) is 2. The predicted octanol–water partition coefficient (Wildman–Crippen LogP) is 2.20. The molecule has 0 heterocycles. The van der Waals surface area contributed by atoms with Crippen LogP contribution in [0.1, 0.15) is 19.4 Å². The summed E-state index contributed by atoms with van der Waals surface area (Å²) >= 11 is 0. The first kappa shape index (κ1) is 21.2. The number of para-hydroxylation sites is 2. The van der Waals surface area contributed by atoms with Crippen molar-refractivity contribution in [3.05, 3.63) is 54.1 Å². The number of hydrogen-bond acceptors (Lipinski definition) is 5. The number of carbonyl (C=O) groups excluding carboxylic acids is 2. The van der Waals surface area contributed by atoms with Gasteiger partial charge in [-0.1, -0.05) is 38.1 Å². The Hall–Kier alpha value is -3.06. The highest BCUT2D eigenvalue weighted by Crippen LogP contribution is 2.30. The zero-order valence-electron chi connectivity index (χ0n) is 16.4. The minimum atomic E-state index is -0.622. The van der Waals surface area contributed by atoms with Gasteiger partial charge in [-0.15, -0.1) is 0 Å². The van der Waals surface area contributed by atoms with Crippen molar-refractivity contribution in [3.63, 3.8) is 0 Å². The summed E-state index contributed by atoms with van der Waals surface area (Å²) in [5.41, 5.74) is 6.64. The number of amides is 2. The number of hydrogen-bond donors (Lipinski definition) is 3. The molecule has 2 rings (SSSR count). The number of nitrogens with two attached hydrogens (primary N) is 1. The van der Waals surface area contributed by atoms with Gasteiger partial charge in [0.2, 0.25) is 11.8 Å². The van der Waals surface area contributed by atoms with E-state index in [0.29, 0.717) is 23.8 Å². The summed E-state index contributed by atoms with van der Waals surface area (Å²) in [7, 11) is 1.59. The maximum absolute atomic E-state index is 11.9. The molecule has 0 aromatic heterocycles. The molecular weight excluding hydrogens is 358 g/mol. The average molecular weight is 385 g/mol. The lowest BCUT2D eigenvalue weighted by Gasteiger charge is -2.15. The summed E-state index contributed by atoms with van der Waals surface area (Å²) in [4.78, 5) is 23.6. The van der Waals surface area contributed by atoms with Gasteiger partial charge in [0, 0.05) is 6.54 Å². The quantitative estimate of drug-likeness (QED) is 0.614. The van der Waals surface area contributed by atoms with Crippen LogP contribution in [-0.2, 0) is 16.1 Å². The van der Waals surface area contributed by atoms with Crippen molar-refractivity contribution in [1.29, 1.82) is 0 Å². The van der Waals surface area contributed by atoms with Gasteiger partial charge >= 0.3 is 0 Å². The van der Waals surface area contributed by atoms with E-state index in [9.17, 15) is 9.59 Å². The molecule has 28 heavy (non-hydrogen) atoms. The smallest absolute Gasteiger partial charge is 0.239 e. The van der Waals surface area contributed by atoms with Crippen molar-refractivity contribution in [2.75, 3.05) is 13.7 Å². The molecule has 4 N–H and O–H groups in total. The van der Waals surface area contributed by atoms with Gasteiger partial charge in [-0.2, -0.15) is 0 Å². The first-order chi connectivity index (χ1) is 13.4. The van der Waals surface area contributed by atoms with Crippen LogP contribution in [0.4, 0.5) is 0 Å². The molecular formula is C21H27N3O4. The van der Waals surface area contributed by atoms with Gasteiger partial charge in [-0.05, 0) is 35.7 Å². The van der Waals surface area contributed by atoms with Gasteiger partial charge in [-0.25, -0.2) is 0 Å². The largest absolute Gasteiger partial charge is 0.493 e. The van der Waals surface area contributed by atoms with E-state index in [0.717, 1.165) is 5.56 Å². The van der Waals surface area contributed by atoms with Crippen molar-refractivity contribution in [2.45, 2.75) is 26.4 Å². The SMILES string of the molecule is COc1ccccc1Oc1ccc(CNC(=O)CNC(=O)[C@@H](N)C(C)C)cc1. The summed E-state index contributed by atoms with van der Waals surface area (Å²) < 4.78 is 11.1. The van der Waals surface area contributed by atoms with E-state index in [4.69, 9.17) is 15.2 Å². The Labute approximate surface area is 165 Å². The lowest BCUT2D eigenvalue weighted by molar-refractivity contribution is -0.127. The molecule has 0 radical (unpaired) electrons. The molecule has 0 spiro atoms. The predicted molar refractivity (Wildman–Crippen MR) is 107 cm³/mol. The molecule has 7 nitrogen and oxygen atoms in total. The minimum absolute atomic E-state index is 0.0136. The van der Waals surface area contributed by atoms with Gasteiger partial charge in [-0.3, -0.25) is 9.59 Å². The van der Waals surface area contributed by atoms with Crippen LogP contribution in [0.25, 0.3) is 0 Å². The molecule has 150 valence electrons. The molecule has 0 aliphatic carbocycles. The molecule has 2 aromatic rings. The van der Waals surface area contributed by atoms with Crippen molar-refractivity contribution < 1.29 is 19.1 Å². The molecule has 0 fully saturated rings.